The largest absolute Gasteiger partial charge is 0.338 e. The van der Waals surface area contributed by atoms with E-state index in [-0.39, 0.29) is 6.54 Å². The summed E-state index contributed by atoms with van der Waals surface area (Å²) in [5, 5.41) is 7.29. The zero-order valence-corrected chi connectivity index (χ0v) is 5.01. The summed E-state index contributed by atoms with van der Waals surface area (Å²) in [6.45, 7) is 1.41. The Morgan fingerprint density at radius 1 is 1.56 bits per heavy atom. The molecule has 1 aliphatic heterocycles. The molecule has 1 heterocycles. The smallest absolute Gasteiger partial charge is 0.214 e. The Morgan fingerprint density at radius 2 is 2.22 bits per heavy atom. The maximum Gasteiger partial charge on any atom is 0.338 e. The molecule has 5 heteroatoms. The van der Waals surface area contributed by atoms with Gasteiger partial charge in [-0.3, -0.25) is 0 Å². The van der Waals surface area contributed by atoms with Gasteiger partial charge in [-0.1, -0.05) is 5.22 Å². The van der Waals surface area contributed by atoms with Crippen LogP contribution in [0.3, 0.4) is 0 Å². The Hall–Kier alpha value is -0.740. The van der Waals surface area contributed by atoms with Gasteiger partial charge in [-0.15, -0.1) is 0 Å². The Morgan fingerprint density at radius 3 is 2.44 bits per heavy atom. The lowest BCUT2D eigenvalue weighted by atomic mass is 10.5. The van der Waals surface area contributed by atoms with Crippen molar-refractivity contribution in [2.45, 2.75) is 13.0 Å². The molecule has 9 heavy (non-hydrogen) atoms. The van der Waals surface area contributed by atoms with E-state index in [9.17, 15) is 8.78 Å². The maximum absolute atomic E-state index is 12.2. The van der Waals surface area contributed by atoms with E-state index in [1.807, 2.05) is 0 Å². The molecule has 0 saturated heterocycles. The van der Waals surface area contributed by atoms with Crippen molar-refractivity contribution >= 4 is 0 Å². The van der Waals surface area contributed by atoms with Crippen LogP contribution >= 0.6 is 0 Å². The topological polar surface area (TPSA) is 28.0 Å². The predicted octanol–water partition coefficient (Wildman–Crippen LogP) is 1.28. The molecule has 0 radical (unpaired) electrons. The van der Waals surface area contributed by atoms with Gasteiger partial charge in [-0.05, 0) is 0 Å². The number of alkyl halides is 2. The second-order valence-electron chi connectivity index (χ2n) is 1.92. The number of rotatable bonds is 1. The molecule has 52 valence electrons. The van der Waals surface area contributed by atoms with Crippen LogP contribution in [0.5, 0.6) is 0 Å². The molecule has 0 spiro atoms. The van der Waals surface area contributed by atoms with Gasteiger partial charge in [0.15, 0.2) is 0 Å². The lowest BCUT2D eigenvalue weighted by Crippen LogP contribution is -2.33. The molecule has 0 amide bonds. The van der Waals surface area contributed by atoms with Gasteiger partial charge in [0.1, 0.15) is 0 Å². The fourth-order valence-electron chi connectivity index (χ4n) is 0.580. The lowest BCUT2D eigenvalue weighted by molar-refractivity contribution is -0.124. The zero-order chi connectivity index (χ0) is 6.91. The highest BCUT2D eigenvalue weighted by Gasteiger charge is 2.31. The second-order valence-corrected chi connectivity index (χ2v) is 1.92. The fraction of sp³-hybridized carbons (Fsp3) is 1.00. The van der Waals surface area contributed by atoms with Crippen LogP contribution in [-0.4, -0.2) is 24.1 Å². The normalized spacial score (nSPS) is 19.2. The Bertz CT molecular complexity index is 128. The van der Waals surface area contributed by atoms with E-state index in [0.29, 0.717) is 11.6 Å². The summed E-state index contributed by atoms with van der Waals surface area (Å²) >= 11 is 0. The molecule has 0 aromatic heterocycles. The molecule has 3 nitrogen and oxygen atoms in total. The third-order valence-corrected chi connectivity index (χ3v) is 1.04. The quantitative estimate of drug-likeness (QED) is 0.498. The molecular formula is C4H7F2N3. The van der Waals surface area contributed by atoms with Crippen LogP contribution in [0, 0.1) is 0 Å². The van der Waals surface area contributed by atoms with E-state index in [0.717, 1.165) is 6.92 Å². The highest BCUT2D eigenvalue weighted by Crippen LogP contribution is 2.20. The summed E-state index contributed by atoms with van der Waals surface area (Å²) in [5.74, 6) is 0. The molecule has 1 rings (SSSR count). The van der Waals surface area contributed by atoms with E-state index in [1.165, 1.54) is 0 Å². The van der Waals surface area contributed by atoms with Crippen LogP contribution in [0.4, 0.5) is 8.78 Å². The zero-order valence-electron chi connectivity index (χ0n) is 5.01. The van der Waals surface area contributed by atoms with Crippen molar-refractivity contribution < 1.29 is 8.78 Å². The first kappa shape index (κ1) is 6.38. The molecule has 0 bridgehead atoms. The van der Waals surface area contributed by atoms with Gasteiger partial charge in [0.2, 0.25) is 0 Å². The summed E-state index contributed by atoms with van der Waals surface area (Å²) in [6.07, 6.45) is 0. The Balaban J connectivity index is 2.53. The van der Waals surface area contributed by atoms with Crippen LogP contribution in [-0.2, 0) is 0 Å². The van der Waals surface area contributed by atoms with Gasteiger partial charge in [-0.25, -0.2) is 5.01 Å². The van der Waals surface area contributed by atoms with E-state index >= 15 is 0 Å². The van der Waals surface area contributed by atoms with Crippen LogP contribution < -0.4 is 0 Å². The summed E-state index contributed by atoms with van der Waals surface area (Å²) < 4.78 is 24.4. The molecule has 0 unspecified atom stereocenters. The van der Waals surface area contributed by atoms with Crippen LogP contribution in [0.15, 0.2) is 10.3 Å². The number of halogens is 2. The first-order valence-electron chi connectivity index (χ1n) is 2.63. The average molecular weight is 135 g/mol. The van der Waals surface area contributed by atoms with Crippen molar-refractivity contribution in [1.29, 1.82) is 0 Å². The third-order valence-electron chi connectivity index (χ3n) is 1.04. The first-order chi connectivity index (χ1) is 4.11. The lowest BCUT2D eigenvalue weighted by Gasteiger charge is -2.18. The first-order valence-corrected chi connectivity index (χ1v) is 2.63. The van der Waals surface area contributed by atoms with Crippen LogP contribution in [0.25, 0.3) is 0 Å². The molecule has 0 atom stereocenters. The van der Waals surface area contributed by atoms with E-state index in [2.05, 4.69) is 10.3 Å². The van der Waals surface area contributed by atoms with Crippen molar-refractivity contribution in [3.8, 4) is 0 Å². The van der Waals surface area contributed by atoms with Gasteiger partial charge in [0, 0.05) is 6.92 Å². The van der Waals surface area contributed by atoms with Gasteiger partial charge < -0.3 is 0 Å². The standard InChI is InChI=1S/C4H7F2N3/c1-4(5,6)9-3-2-7-8-9/h2-3H2,1H3. The second kappa shape index (κ2) is 1.89. The van der Waals surface area contributed by atoms with Crippen molar-refractivity contribution in [3.05, 3.63) is 0 Å². The van der Waals surface area contributed by atoms with Gasteiger partial charge in [0.25, 0.3) is 0 Å². The van der Waals surface area contributed by atoms with E-state index in [1.54, 1.807) is 0 Å². The number of hydrogen-bond acceptors (Lipinski definition) is 3. The average Bonchev–Trinajstić information content (AvgIpc) is 2.08. The maximum atomic E-state index is 12.2. The van der Waals surface area contributed by atoms with Gasteiger partial charge in [0.05, 0.1) is 13.1 Å². The SMILES string of the molecule is CC(F)(F)N1CCN=N1. The summed E-state index contributed by atoms with van der Waals surface area (Å²) in [4.78, 5) is 0. The van der Waals surface area contributed by atoms with Gasteiger partial charge >= 0.3 is 6.05 Å². The summed E-state index contributed by atoms with van der Waals surface area (Å²) in [5.41, 5.74) is 0. The van der Waals surface area contributed by atoms with Gasteiger partial charge in [-0.2, -0.15) is 13.9 Å². The molecule has 0 N–H and O–H groups in total. The Kier molecular flexibility index (Phi) is 1.34. The van der Waals surface area contributed by atoms with Crippen molar-refractivity contribution in [1.82, 2.24) is 5.01 Å². The van der Waals surface area contributed by atoms with E-state index in [4.69, 9.17) is 0 Å². The minimum absolute atomic E-state index is 0.226. The van der Waals surface area contributed by atoms with Crippen molar-refractivity contribution in [3.63, 3.8) is 0 Å². The molecule has 0 saturated carbocycles. The molecule has 0 fully saturated rings. The Labute approximate surface area is 51.3 Å². The third kappa shape index (κ3) is 1.34. The van der Waals surface area contributed by atoms with Crippen LogP contribution in [0.1, 0.15) is 6.92 Å². The van der Waals surface area contributed by atoms with Crippen molar-refractivity contribution in [2.24, 2.45) is 10.3 Å². The summed E-state index contributed by atoms with van der Waals surface area (Å²) in [7, 11) is 0. The monoisotopic (exact) mass is 135 g/mol. The minimum Gasteiger partial charge on any atom is -0.214 e. The predicted molar refractivity (Wildman–Crippen MR) is 27.0 cm³/mol. The minimum atomic E-state index is -2.85. The highest BCUT2D eigenvalue weighted by molar-refractivity contribution is 4.63. The summed E-state index contributed by atoms with van der Waals surface area (Å²) in [6, 6.07) is -2.85. The molecule has 0 aliphatic carbocycles. The molecular weight excluding hydrogens is 128 g/mol. The van der Waals surface area contributed by atoms with Crippen molar-refractivity contribution in [2.75, 3.05) is 13.1 Å². The van der Waals surface area contributed by atoms with E-state index < -0.39 is 6.05 Å². The number of nitrogens with zero attached hydrogens (tertiary/aromatic N) is 3. The molecule has 0 aromatic carbocycles. The molecule has 0 aromatic rings. The number of hydrogen-bond donors (Lipinski definition) is 0. The molecule has 1 aliphatic rings. The highest BCUT2D eigenvalue weighted by atomic mass is 19.3. The fourth-order valence-corrected chi connectivity index (χ4v) is 0.580. The van der Waals surface area contributed by atoms with Crippen LogP contribution in [0.2, 0.25) is 0 Å².